The first-order valence-corrected chi connectivity index (χ1v) is 6.50. The predicted molar refractivity (Wildman–Crippen MR) is 83.7 cm³/mol. The molecule has 0 fully saturated rings. The molecular weight excluding hydrogens is 246 g/mol. The van der Waals surface area contributed by atoms with Crippen LogP contribution >= 0.6 is 0 Å². The van der Waals surface area contributed by atoms with Crippen LogP contribution in [0.15, 0.2) is 70.9 Å². The van der Waals surface area contributed by atoms with Crippen LogP contribution in [0.4, 0.5) is 17.1 Å². The van der Waals surface area contributed by atoms with Crippen molar-refractivity contribution in [1.29, 1.82) is 0 Å². The minimum Gasteiger partial charge on any atom is -0.398 e. The van der Waals surface area contributed by atoms with Crippen molar-refractivity contribution in [1.82, 2.24) is 0 Å². The third-order valence-corrected chi connectivity index (χ3v) is 3.24. The van der Waals surface area contributed by atoms with Crippen molar-refractivity contribution in [3.05, 3.63) is 66.2 Å². The number of nitrogen functional groups attached to an aromatic ring is 1. The van der Waals surface area contributed by atoms with Gasteiger partial charge in [-0.3, -0.25) is 0 Å². The van der Waals surface area contributed by atoms with Crippen molar-refractivity contribution < 1.29 is 0 Å². The first-order chi connectivity index (χ1) is 9.74. The summed E-state index contributed by atoms with van der Waals surface area (Å²) in [5.74, 6) is 0. The second kappa shape index (κ2) is 5.13. The summed E-state index contributed by atoms with van der Waals surface area (Å²) in [7, 11) is 0. The molecule has 0 aromatic heterocycles. The normalized spacial score (nSPS) is 11.2. The molecule has 0 radical (unpaired) electrons. The summed E-state index contributed by atoms with van der Waals surface area (Å²) in [4.78, 5) is 0. The number of hydrogen-bond donors (Lipinski definition) is 1. The molecule has 0 bridgehead atoms. The van der Waals surface area contributed by atoms with Gasteiger partial charge in [0.1, 0.15) is 0 Å². The van der Waals surface area contributed by atoms with Crippen LogP contribution in [0.1, 0.15) is 5.56 Å². The van der Waals surface area contributed by atoms with E-state index >= 15 is 0 Å². The number of rotatable bonds is 2. The quantitative estimate of drug-likeness (QED) is 0.503. The maximum atomic E-state index is 5.98. The molecule has 3 aromatic rings. The smallest absolute Gasteiger partial charge is 0.0936 e. The minimum atomic E-state index is 0.759. The molecule has 2 N–H and O–H groups in total. The summed E-state index contributed by atoms with van der Waals surface area (Å²) >= 11 is 0. The van der Waals surface area contributed by atoms with Crippen LogP contribution in [0.25, 0.3) is 10.8 Å². The second-order valence-corrected chi connectivity index (χ2v) is 4.76. The molecule has 98 valence electrons. The highest BCUT2D eigenvalue weighted by Crippen LogP contribution is 2.31. The van der Waals surface area contributed by atoms with Gasteiger partial charge in [-0.05, 0) is 31.2 Å². The lowest BCUT2D eigenvalue weighted by molar-refractivity contribution is 1.24. The average molecular weight is 261 g/mol. The lowest BCUT2D eigenvalue weighted by Gasteiger charge is -2.04. The largest absolute Gasteiger partial charge is 0.398 e. The first-order valence-electron chi connectivity index (χ1n) is 6.50. The van der Waals surface area contributed by atoms with E-state index in [1.165, 1.54) is 5.56 Å². The van der Waals surface area contributed by atoms with Crippen LogP contribution in [0, 0.1) is 6.92 Å². The average Bonchev–Trinajstić information content (AvgIpc) is 2.49. The maximum absolute atomic E-state index is 5.98. The minimum absolute atomic E-state index is 0.759. The van der Waals surface area contributed by atoms with Gasteiger partial charge in [0.05, 0.1) is 11.4 Å². The van der Waals surface area contributed by atoms with Gasteiger partial charge >= 0.3 is 0 Å². The molecule has 3 heteroatoms. The van der Waals surface area contributed by atoms with Gasteiger partial charge < -0.3 is 5.73 Å². The highest BCUT2D eigenvalue weighted by atomic mass is 15.1. The van der Waals surface area contributed by atoms with E-state index in [1.807, 2.05) is 60.7 Å². The maximum Gasteiger partial charge on any atom is 0.0936 e. The number of nitrogens with zero attached hydrogens (tertiary/aromatic N) is 2. The van der Waals surface area contributed by atoms with Crippen LogP contribution in [0.2, 0.25) is 0 Å². The number of hydrogen-bond acceptors (Lipinski definition) is 3. The van der Waals surface area contributed by atoms with Gasteiger partial charge in [-0.1, -0.05) is 42.0 Å². The molecule has 0 aliphatic rings. The van der Waals surface area contributed by atoms with Gasteiger partial charge in [-0.2, -0.15) is 5.11 Å². The van der Waals surface area contributed by atoms with Crippen molar-refractivity contribution in [2.24, 2.45) is 10.2 Å². The van der Waals surface area contributed by atoms with Gasteiger partial charge in [-0.25, -0.2) is 0 Å². The Morgan fingerprint density at radius 2 is 1.45 bits per heavy atom. The Labute approximate surface area is 117 Å². The molecule has 3 aromatic carbocycles. The number of anilines is 1. The SMILES string of the molecule is Cc1ccc(/N=N/c2ccc(N)c3ccccc23)cc1. The van der Waals surface area contributed by atoms with Crippen LogP contribution in [-0.2, 0) is 0 Å². The number of azo groups is 1. The Morgan fingerprint density at radius 3 is 2.20 bits per heavy atom. The molecule has 0 aliphatic carbocycles. The molecule has 0 unspecified atom stereocenters. The molecule has 0 heterocycles. The van der Waals surface area contributed by atoms with Crippen molar-refractivity contribution in [3.63, 3.8) is 0 Å². The molecule has 0 atom stereocenters. The zero-order chi connectivity index (χ0) is 13.9. The van der Waals surface area contributed by atoms with Crippen molar-refractivity contribution in [2.75, 3.05) is 5.73 Å². The fraction of sp³-hybridized carbons (Fsp3) is 0.0588. The molecule has 0 saturated carbocycles. The van der Waals surface area contributed by atoms with E-state index in [9.17, 15) is 0 Å². The zero-order valence-corrected chi connectivity index (χ0v) is 11.2. The fourth-order valence-corrected chi connectivity index (χ4v) is 2.12. The number of fused-ring (bicyclic) bond motifs is 1. The van der Waals surface area contributed by atoms with E-state index in [4.69, 9.17) is 5.73 Å². The Kier molecular flexibility index (Phi) is 3.17. The molecule has 3 nitrogen and oxygen atoms in total. The first kappa shape index (κ1) is 12.4. The van der Waals surface area contributed by atoms with E-state index in [1.54, 1.807) is 0 Å². The summed E-state index contributed by atoms with van der Waals surface area (Å²) < 4.78 is 0. The summed E-state index contributed by atoms with van der Waals surface area (Å²) in [6, 6.07) is 19.7. The highest BCUT2D eigenvalue weighted by Gasteiger charge is 2.02. The van der Waals surface area contributed by atoms with Crippen LogP contribution < -0.4 is 5.73 Å². The van der Waals surface area contributed by atoms with E-state index in [0.717, 1.165) is 27.8 Å². The van der Waals surface area contributed by atoms with Gasteiger partial charge in [0.15, 0.2) is 0 Å². The molecule has 20 heavy (non-hydrogen) atoms. The lowest BCUT2D eigenvalue weighted by atomic mass is 10.1. The standard InChI is InChI=1S/C17H15N3/c1-12-6-8-13(9-7-12)19-20-17-11-10-16(18)14-4-2-3-5-15(14)17/h2-11H,18H2,1H3/b20-19+. The van der Waals surface area contributed by atoms with Crippen molar-refractivity contribution in [3.8, 4) is 0 Å². The second-order valence-electron chi connectivity index (χ2n) is 4.76. The Morgan fingerprint density at radius 1 is 0.750 bits per heavy atom. The van der Waals surface area contributed by atoms with Gasteiger partial charge in [-0.15, -0.1) is 5.11 Å². The topological polar surface area (TPSA) is 50.7 Å². The van der Waals surface area contributed by atoms with E-state index in [-0.39, 0.29) is 0 Å². The Bertz CT molecular complexity index is 774. The van der Waals surface area contributed by atoms with Crippen molar-refractivity contribution in [2.45, 2.75) is 6.92 Å². The number of benzene rings is 3. The molecule has 0 saturated heterocycles. The van der Waals surface area contributed by atoms with Gasteiger partial charge in [0, 0.05) is 16.5 Å². The summed E-state index contributed by atoms with van der Waals surface area (Å²) in [6.45, 7) is 2.05. The Hall–Kier alpha value is -2.68. The molecule has 0 aliphatic heterocycles. The van der Waals surface area contributed by atoms with Crippen LogP contribution in [0.5, 0.6) is 0 Å². The Balaban J connectivity index is 2.03. The van der Waals surface area contributed by atoms with Crippen LogP contribution in [0.3, 0.4) is 0 Å². The predicted octanol–water partition coefficient (Wildman–Crippen LogP) is 5.15. The fourth-order valence-electron chi connectivity index (χ4n) is 2.12. The van der Waals surface area contributed by atoms with E-state index in [0.29, 0.717) is 0 Å². The summed E-state index contributed by atoms with van der Waals surface area (Å²) in [6.07, 6.45) is 0. The molecule has 3 rings (SSSR count). The van der Waals surface area contributed by atoms with Gasteiger partial charge in [0.2, 0.25) is 0 Å². The summed E-state index contributed by atoms with van der Waals surface area (Å²) in [5, 5.41) is 10.7. The third-order valence-electron chi connectivity index (χ3n) is 3.24. The number of aryl methyl sites for hydroxylation is 1. The van der Waals surface area contributed by atoms with E-state index in [2.05, 4.69) is 17.2 Å². The van der Waals surface area contributed by atoms with E-state index < -0.39 is 0 Å². The van der Waals surface area contributed by atoms with Crippen molar-refractivity contribution >= 4 is 27.8 Å². The van der Waals surface area contributed by atoms with Crippen LogP contribution in [-0.4, -0.2) is 0 Å². The lowest BCUT2D eigenvalue weighted by Crippen LogP contribution is -1.86. The molecular formula is C17H15N3. The highest BCUT2D eigenvalue weighted by molar-refractivity contribution is 5.99. The molecule has 0 amide bonds. The monoisotopic (exact) mass is 261 g/mol. The van der Waals surface area contributed by atoms with Gasteiger partial charge in [0.25, 0.3) is 0 Å². The third kappa shape index (κ3) is 2.38. The zero-order valence-electron chi connectivity index (χ0n) is 11.2. The summed E-state index contributed by atoms with van der Waals surface area (Å²) in [5.41, 5.74) is 9.62. The number of nitrogens with two attached hydrogens (primary N) is 1. The molecule has 0 spiro atoms.